The van der Waals surface area contributed by atoms with E-state index in [1.807, 2.05) is 19.2 Å². The van der Waals surface area contributed by atoms with E-state index >= 15 is 0 Å². The molecule has 0 bridgehead atoms. The summed E-state index contributed by atoms with van der Waals surface area (Å²) < 4.78 is 3.90. The standard InChI is InChI=1S/C18H21N7O3S/c1-11-16(25(27)28)12(2)24(22-11)10-13-4-6-14(7-5-13)17(26)19-9-8-15-20-21-18(29)23(15)3/h4-7H,8-10H2,1-3H3,(H,19,26)(H,21,29). The molecule has 2 N–H and O–H groups in total. The van der Waals surface area contributed by atoms with Crippen molar-refractivity contribution in [3.05, 3.63) is 67.5 Å². The first-order valence-corrected chi connectivity index (χ1v) is 9.34. The third kappa shape index (κ3) is 4.40. The molecule has 0 aliphatic rings. The van der Waals surface area contributed by atoms with E-state index in [0.717, 1.165) is 11.4 Å². The predicted octanol–water partition coefficient (Wildman–Crippen LogP) is 2.22. The zero-order valence-corrected chi connectivity index (χ0v) is 17.1. The zero-order chi connectivity index (χ0) is 21.1. The van der Waals surface area contributed by atoms with Crippen LogP contribution in [0.4, 0.5) is 5.69 Å². The lowest BCUT2D eigenvalue weighted by Crippen LogP contribution is -2.26. The molecule has 2 heterocycles. The molecule has 29 heavy (non-hydrogen) atoms. The molecule has 0 unspecified atom stereocenters. The summed E-state index contributed by atoms with van der Waals surface area (Å²) >= 11 is 5.06. The number of hydrogen-bond donors (Lipinski definition) is 2. The number of rotatable bonds is 7. The molecule has 0 radical (unpaired) electrons. The maximum atomic E-state index is 12.3. The van der Waals surface area contributed by atoms with Crippen molar-refractivity contribution in [1.29, 1.82) is 0 Å². The molecule has 0 atom stereocenters. The number of aromatic nitrogens is 5. The highest BCUT2D eigenvalue weighted by molar-refractivity contribution is 7.71. The average Bonchev–Trinajstić information content (AvgIpc) is 3.14. The maximum absolute atomic E-state index is 12.3. The Labute approximate surface area is 171 Å². The number of carbonyl (C=O) groups is 1. The van der Waals surface area contributed by atoms with E-state index in [-0.39, 0.29) is 11.6 Å². The van der Waals surface area contributed by atoms with Crippen LogP contribution in [0.25, 0.3) is 0 Å². The molecule has 10 nitrogen and oxygen atoms in total. The van der Waals surface area contributed by atoms with Gasteiger partial charge in [-0.1, -0.05) is 12.1 Å². The zero-order valence-electron chi connectivity index (χ0n) is 16.3. The number of H-pyrrole nitrogens is 1. The van der Waals surface area contributed by atoms with E-state index in [4.69, 9.17) is 12.2 Å². The van der Waals surface area contributed by atoms with Crippen molar-refractivity contribution in [3.63, 3.8) is 0 Å². The topological polar surface area (TPSA) is 124 Å². The highest BCUT2D eigenvalue weighted by Gasteiger charge is 2.21. The van der Waals surface area contributed by atoms with Gasteiger partial charge in [0, 0.05) is 25.6 Å². The van der Waals surface area contributed by atoms with Crippen molar-refractivity contribution in [2.45, 2.75) is 26.8 Å². The largest absolute Gasteiger partial charge is 0.352 e. The van der Waals surface area contributed by atoms with Gasteiger partial charge in [0.05, 0.1) is 11.5 Å². The molecule has 1 aromatic carbocycles. The predicted molar refractivity (Wildman–Crippen MR) is 108 cm³/mol. The monoisotopic (exact) mass is 415 g/mol. The Morgan fingerprint density at radius 3 is 2.55 bits per heavy atom. The smallest absolute Gasteiger partial charge is 0.312 e. The summed E-state index contributed by atoms with van der Waals surface area (Å²) in [4.78, 5) is 23.0. The fourth-order valence-electron chi connectivity index (χ4n) is 3.03. The van der Waals surface area contributed by atoms with Gasteiger partial charge in [-0.3, -0.25) is 24.7 Å². The molecular weight excluding hydrogens is 394 g/mol. The van der Waals surface area contributed by atoms with Gasteiger partial charge in [-0.25, -0.2) is 0 Å². The van der Waals surface area contributed by atoms with Gasteiger partial charge in [0.15, 0.2) is 4.77 Å². The highest BCUT2D eigenvalue weighted by atomic mass is 32.1. The van der Waals surface area contributed by atoms with E-state index in [9.17, 15) is 14.9 Å². The minimum atomic E-state index is -0.417. The van der Waals surface area contributed by atoms with E-state index in [1.54, 1.807) is 35.2 Å². The third-order valence-corrected chi connectivity index (χ3v) is 5.05. The SMILES string of the molecule is Cc1nn(Cc2ccc(C(=O)NCCc3n[nH]c(=S)n3C)cc2)c(C)c1[N+](=O)[O-]. The maximum Gasteiger partial charge on any atom is 0.312 e. The summed E-state index contributed by atoms with van der Waals surface area (Å²) in [5, 5.41) is 25.0. The Morgan fingerprint density at radius 1 is 1.31 bits per heavy atom. The normalized spacial score (nSPS) is 10.9. The highest BCUT2D eigenvalue weighted by Crippen LogP contribution is 2.22. The van der Waals surface area contributed by atoms with Gasteiger partial charge < -0.3 is 9.88 Å². The van der Waals surface area contributed by atoms with Crippen LogP contribution in [0.2, 0.25) is 0 Å². The molecule has 3 aromatic rings. The lowest BCUT2D eigenvalue weighted by molar-refractivity contribution is -0.386. The van der Waals surface area contributed by atoms with Crippen LogP contribution in [0.5, 0.6) is 0 Å². The van der Waals surface area contributed by atoms with Gasteiger partial charge in [-0.05, 0) is 43.8 Å². The van der Waals surface area contributed by atoms with Gasteiger partial charge in [-0.2, -0.15) is 10.2 Å². The number of aromatic amines is 1. The van der Waals surface area contributed by atoms with Crippen molar-refractivity contribution in [2.24, 2.45) is 7.05 Å². The second-order valence-electron chi connectivity index (χ2n) is 6.64. The van der Waals surface area contributed by atoms with Gasteiger partial charge in [0.1, 0.15) is 17.2 Å². The van der Waals surface area contributed by atoms with Crippen LogP contribution < -0.4 is 5.32 Å². The Bertz CT molecular complexity index is 1110. The molecular formula is C18H21N7O3S. The molecule has 11 heteroatoms. The molecule has 0 saturated carbocycles. The first-order chi connectivity index (χ1) is 13.8. The van der Waals surface area contributed by atoms with Crippen molar-refractivity contribution < 1.29 is 9.72 Å². The summed E-state index contributed by atoms with van der Waals surface area (Å²) in [6.07, 6.45) is 0.560. The van der Waals surface area contributed by atoms with Gasteiger partial charge in [-0.15, -0.1) is 0 Å². The van der Waals surface area contributed by atoms with Crippen molar-refractivity contribution >= 4 is 23.8 Å². The fourth-order valence-corrected chi connectivity index (χ4v) is 3.18. The number of nitrogens with one attached hydrogen (secondary N) is 2. The number of nitro groups is 1. The Morgan fingerprint density at radius 2 is 2.00 bits per heavy atom. The first kappa shape index (κ1) is 20.4. The molecule has 1 amide bonds. The van der Waals surface area contributed by atoms with Gasteiger partial charge in [0.2, 0.25) is 0 Å². The molecule has 3 rings (SSSR count). The van der Waals surface area contributed by atoms with Crippen LogP contribution in [0, 0.1) is 28.7 Å². The minimum absolute atomic E-state index is 0.0365. The molecule has 2 aromatic heterocycles. The van der Waals surface area contributed by atoms with E-state index < -0.39 is 4.92 Å². The van der Waals surface area contributed by atoms with Crippen LogP contribution in [-0.4, -0.2) is 41.9 Å². The number of carbonyl (C=O) groups excluding carboxylic acids is 1. The molecule has 0 aliphatic heterocycles. The van der Waals surface area contributed by atoms with E-state index in [1.165, 1.54) is 0 Å². The summed E-state index contributed by atoms with van der Waals surface area (Å²) in [6.45, 7) is 4.12. The second-order valence-corrected chi connectivity index (χ2v) is 7.03. The Kier molecular flexibility index (Phi) is 5.87. The first-order valence-electron chi connectivity index (χ1n) is 8.93. The van der Waals surface area contributed by atoms with Crippen molar-refractivity contribution in [2.75, 3.05) is 6.54 Å². The van der Waals surface area contributed by atoms with Crippen LogP contribution in [-0.2, 0) is 20.0 Å². The molecule has 0 fully saturated rings. The van der Waals surface area contributed by atoms with Crippen molar-refractivity contribution in [3.8, 4) is 0 Å². The van der Waals surface area contributed by atoms with Gasteiger partial charge >= 0.3 is 5.69 Å². The molecule has 0 aliphatic carbocycles. The van der Waals surface area contributed by atoms with Crippen LogP contribution >= 0.6 is 12.2 Å². The third-order valence-electron chi connectivity index (χ3n) is 4.68. The average molecular weight is 415 g/mol. The number of hydrogen-bond acceptors (Lipinski definition) is 6. The summed E-state index contributed by atoms with van der Waals surface area (Å²) in [5.74, 6) is 0.583. The molecule has 0 saturated heterocycles. The number of benzene rings is 1. The number of nitrogens with zero attached hydrogens (tertiary/aromatic N) is 5. The molecule has 0 spiro atoms. The summed E-state index contributed by atoms with van der Waals surface area (Å²) in [5.41, 5.74) is 2.35. The van der Waals surface area contributed by atoms with Crippen molar-refractivity contribution in [1.82, 2.24) is 29.9 Å². The Hall–Kier alpha value is -3.34. The van der Waals surface area contributed by atoms with Crippen LogP contribution in [0.1, 0.15) is 33.1 Å². The lowest BCUT2D eigenvalue weighted by Gasteiger charge is -2.07. The molecule has 152 valence electrons. The quantitative estimate of drug-likeness (QED) is 0.346. The number of aryl methyl sites for hydroxylation is 1. The second kappa shape index (κ2) is 8.35. The Balaban J connectivity index is 1.60. The van der Waals surface area contributed by atoms with E-state index in [0.29, 0.717) is 41.2 Å². The number of amides is 1. The van der Waals surface area contributed by atoms with Crippen LogP contribution in [0.15, 0.2) is 24.3 Å². The minimum Gasteiger partial charge on any atom is -0.352 e. The van der Waals surface area contributed by atoms with E-state index in [2.05, 4.69) is 20.6 Å². The van der Waals surface area contributed by atoms with Gasteiger partial charge in [0.25, 0.3) is 5.91 Å². The fraction of sp³-hybridized carbons (Fsp3) is 0.333. The van der Waals surface area contributed by atoms with Crippen LogP contribution in [0.3, 0.4) is 0 Å². The summed E-state index contributed by atoms with van der Waals surface area (Å²) in [7, 11) is 1.82. The summed E-state index contributed by atoms with van der Waals surface area (Å²) in [6, 6.07) is 7.07. The lowest BCUT2D eigenvalue weighted by atomic mass is 10.1.